The second-order valence-electron chi connectivity index (χ2n) is 8.98. The van der Waals surface area contributed by atoms with Crippen LogP contribution in [-0.4, -0.2) is 58.3 Å². The molecule has 0 radical (unpaired) electrons. The molecule has 0 saturated carbocycles. The summed E-state index contributed by atoms with van der Waals surface area (Å²) in [6.07, 6.45) is 2.44. The van der Waals surface area contributed by atoms with Gasteiger partial charge in [-0.05, 0) is 41.1 Å². The Labute approximate surface area is 205 Å². The number of rotatable bonds is 4. The third-order valence-electron chi connectivity index (χ3n) is 6.89. The fraction of sp³-hybridized carbons (Fsp3) is 0.269. The fourth-order valence-corrected chi connectivity index (χ4v) is 6.74. The van der Waals surface area contributed by atoms with Crippen molar-refractivity contribution in [3.63, 3.8) is 0 Å². The van der Waals surface area contributed by atoms with E-state index in [-0.39, 0.29) is 29.8 Å². The molecule has 0 aliphatic carbocycles. The summed E-state index contributed by atoms with van der Waals surface area (Å²) in [6, 6.07) is 18.5. The van der Waals surface area contributed by atoms with Crippen molar-refractivity contribution >= 4 is 44.6 Å². The Morgan fingerprint density at radius 1 is 1.00 bits per heavy atom. The molecule has 2 aliphatic heterocycles. The molecule has 2 unspecified atom stereocenters. The van der Waals surface area contributed by atoms with E-state index in [2.05, 4.69) is 35.3 Å². The molecule has 2 aromatic heterocycles. The van der Waals surface area contributed by atoms with Gasteiger partial charge in [-0.2, -0.15) is 0 Å². The molecule has 6 rings (SSSR count). The zero-order valence-corrected chi connectivity index (χ0v) is 20.1. The van der Waals surface area contributed by atoms with Gasteiger partial charge < -0.3 is 15.5 Å². The summed E-state index contributed by atoms with van der Waals surface area (Å²) in [5, 5.41) is 3.41. The Hall–Kier alpha value is -3.07. The van der Waals surface area contributed by atoms with Gasteiger partial charge in [0.25, 0.3) is 11.8 Å². The molecule has 0 spiro atoms. The largest absolute Gasteiger partial charge is 0.337 e. The zero-order chi connectivity index (χ0) is 23.2. The van der Waals surface area contributed by atoms with Gasteiger partial charge in [0.15, 0.2) is 5.01 Å². The minimum absolute atomic E-state index is 0.0450. The second-order valence-corrected chi connectivity index (χ2v) is 11.0. The highest BCUT2D eigenvalue weighted by molar-refractivity contribution is 7.20. The number of carbonyl (C=O) groups is 2. The van der Waals surface area contributed by atoms with Gasteiger partial charge in [0.2, 0.25) is 0 Å². The highest BCUT2D eigenvalue weighted by atomic mass is 32.1. The maximum atomic E-state index is 13.2. The number of thiophene rings is 1. The summed E-state index contributed by atoms with van der Waals surface area (Å²) in [7, 11) is 0. The van der Waals surface area contributed by atoms with Crippen LogP contribution < -0.4 is 5.73 Å². The first kappa shape index (κ1) is 21.5. The van der Waals surface area contributed by atoms with Gasteiger partial charge in [-0.3, -0.25) is 9.59 Å². The summed E-state index contributed by atoms with van der Waals surface area (Å²) in [6.45, 7) is 1.90. The number of carbonyl (C=O) groups excluding carboxylic acids is 2. The van der Waals surface area contributed by atoms with Crippen LogP contribution in [0.15, 0.2) is 66.2 Å². The maximum Gasteiger partial charge on any atom is 0.283 e. The van der Waals surface area contributed by atoms with Crippen LogP contribution in [0.3, 0.4) is 0 Å². The smallest absolute Gasteiger partial charge is 0.283 e. The van der Waals surface area contributed by atoms with Crippen LogP contribution in [0.5, 0.6) is 0 Å². The van der Waals surface area contributed by atoms with E-state index in [1.165, 1.54) is 28.2 Å². The number of thiazole rings is 1. The minimum atomic E-state index is -0.0631. The highest BCUT2D eigenvalue weighted by Crippen LogP contribution is 2.35. The van der Waals surface area contributed by atoms with Crippen molar-refractivity contribution in [2.24, 2.45) is 11.7 Å². The van der Waals surface area contributed by atoms with Gasteiger partial charge >= 0.3 is 0 Å². The number of amides is 2. The quantitative estimate of drug-likeness (QED) is 0.464. The molecule has 8 heteroatoms. The fourth-order valence-electron chi connectivity index (χ4n) is 5.14. The minimum Gasteiger partial charge on any atom is -0.337 e. The number of nitrogens with two attached hydrogens (primary N) is 1. The predicted octanol–water partition coefficient (Wildman–Crippen LogP) is 4.34. The van der Waals surface area contributed by atoms with Crippen LogP contribution in [0.1, 0.15) is 25.9 Å². The van der Waals surface area contributed by atoms with Crippen molar-refractivity contribution < 1.29 is 9.59 Å². The lowest BCUT2D eigenvalue weighted by atomic mass is 9.87. The van der Waals surface area contributed by atoms with Gasteiger partial charge in [-0.1, -0.05) is 36.4 Å². The van der Waals surface area contributed by atoms with E-state index in [4.69, 9.17) is 5.73 Å². The van der Waals surface area contributed by atoms with E-state index in [0.717, 1.165) is 26.9 Å². The zero-order valence-electron chi connectivity index (χ0n) is 18.5. The van der Waals surface area contributed by atoms with E-state index in [0.29, 0.717) is 24.6 Å². The van der Waals surface area contributed by atoms with E-state index < -0.39 is 0 Å². The average molecular weight is 489 g/mol. The molecule has 2 N–H and O–H groups in total. The Morgan fingerprint density at radius 3 is 2.59 bits per heavy atom. The number of nitrogens with zero attached hydrogens (tertiary/aromatic N) is 3. The molecule has 4 heterocycles. The first-order chi connectivity index (χ1) is 16.6. The molecule has 34 heavy (non-hydrogen) atoms. The third kappa shape index (κ3) is 3.72. The lowest BCUT2D eigenvalue weighted by Crippen LogP contribution is -2.61. The van der Waals surface area contributed by atoms with Crippen LogP contribution in [0, 0.1) is 5.92 Å². The van der Waals surface area contributed by atoms with Gasteiger partial charge in [0.05, 0.1) is 10.9 Å². The van der Waals surface area contributed by atoms with Gasteiger partial charge in [-0.15, -0.1) is 22.7 Å². The Morgan fingerprint density at radius 2 is 1.82 bits per heavy atom. The molecule has 4 aromatic rings. The van der Waals surface area contributed by atoms with Crippen molar-refractivity contribution in [1.29, 1.82) is 0 Å². The molecule has 2 fully saturated rings. The lowest BCUT2D eigenvalue weighted by Gasteiger charge is -2.45. The van der Waals surface area contributed by atoms with Crippen LogP contribution in [-0.2, 0) is 0 Å². The van der Waals surface area contributed by atoms with Crippen LogP contribution in [0.25, 0.3) is 21.2 Å². The molecule has 2 saturated heterocycles. The van der Waals surface area contributed by atoms with E-state index >= 15 is 0 Å². The molecular formula is C26H24N4O2S2. The van der Waals surface area contributed by atoms with Crippen LogP contribution in [0.4, 0.5) is 0 Å². The Balaban J connectivity index is 1.16. The Kier molecular flexibility index (Phi) is 5.44. The monoisotopic (exact) mass is 488 g/mol. The standard InChI is InChI=1S/C26H24N4O2S2/c27-20-8-10-30(26(32)24-28-9-11-33-24)23(20)19-14-29(15-19)25(31)22-13-18-12-17(6-7-21(18)34-22)16-4-2-1-3-5-16/h1-7,9,11-13,19-20,23H,8,10,14-15,27H2. The van der Waals surface area contributed by atoms with Gasteiger partial charge in [-0.25, -0.2) is 4.98 Å². The van der Waals surface area contributed by atoms with Crippen molar-refractivity contribution in [2.45, 2.75) is 18.5 Å². The molecule has 172 valence electrons. The van der Waals surface area contributed by atoms with Gasteiger partial charge in [0.1, 0.15) is 0 Å². The molecular weight excluding hydrogens is 464 g/mol. The van der Waals surface area contributed by atoms with Crippen LogP contribution >= 0.6 is 22.7 Å². The number of hydrogen-bond acceptors (Lipinski definition) is 6. The van der Waals surface area contributed by atoms with Crippen molar-refractivity contribution in [3.05, 3.63) is 76.1 Å². The predicted molar refractivity (Wildman–Crippen MR) is 136 cm³/mol. The number of benzene rings is 2. The summed E-state index contributed by atoms with van der Waals surface area (Å²) >= 11 is 2.89. The summed E-state index contributed by atoms with van der Waals surface area (Å²) in [4.78, 5) is 34.8. The number of hydrogen-bond donors (Lipinski definition) is 1. The second kappa shape index (κ2) is 8.61. The normalized spacial score (nSPS) is 20.6. The van der Waals surface area contributed by atoms with Crippen molar-refractivity contribution in [2.75, 3.05) is 19.6 Å². The van der Waals surface area contributed by atoms with E-state index in [9.17, 15) is 9.59 Å². The topological polar surface area (TPSA) is 79.5 Å². The number of likely N-dealkylation sites (tertiary alicyclic amines) is 2. The van der Waals surface area contributed by atoms with E-state index in [1.54, 1.807) is 6.20 Å². The molecule has 0 bridgehead atoms. The van der Waals surface area contributed by atoms with Crippen LogP contribution in [0.2, 0.25) is 0 Å². The molecule has 6 nitrogen and oxygen atoms in total. The van der Waals surface area contributed by atoms with E-state index in [1.807, 2.05) is 39.4 Å². The SMILES string of the molecule is NC1CCN(C(=O)c2nccs2)C1C1CN(C(=O)c2cc3cc(-c4ccccc4)ccc3s2)C1. The summed E-state index contributed by atoms with van der Waals surface area (Å²) in [5.74, 6) is 0.212. The maximum absolute atomic E-state index is 13.2. The average Bonchev–Trinajstić information content (AvgIpc) is 3.58. The Bertz CT molecular complexity index is 1350. The first-order valence-electron chi connectivity index (χ1n) is 11.4. The molecule has 2 amide bonds. The van der Waals surface area contributed by atoms with Crippen molar-refractivity contribution in [3.8, 4) is 11.1 Å². The molecule has 2 atom stereocenters. The first-order valence-corrected chi connectivity index (χ1v) is 13.1. The number of fused-ring (bicyclic) bond motifs is 1. The molecule has 2 aliphatic rings. The van der Waals surface area contributed by atoms with Crippen molar-refractivity contribution in [1.82, 2.24) is 14.8 Å². The summed E-state index contributed by atoms with van der Waals surface area (Å²) in [5.41, 5.74) is 8.72. The highest BCUT2D eigenvalue weighted by Gasteiger charge is 2.46. The van der Waals surface area contributed by atoms with Gasteiger partial charge in [0, 0.05) is 47.9 Å². The molecule has 2 aromatic carbocycles. The summed E-state index contributed by atoms with van der Waals surface area (Å²) < 4.78 is 1.11. The lowest BCUT2D eigenvalue weighted by molar-refractivity contribution is 0.0247. The third-order valence-corrected chi connectivity index (χ3v) is 8.76. The number of aromatic nitrogens is 1.